The molecule has 2 rings (SSSR count). The average molecular weight is 123 g/mol. The predicted octanol–water partition coefficient (Wildman–Crippen LogP) is 0.0731. The van der Waals surface area contributed by atoms with Gasteiger partial charge in [-0.25, -0.2) is 0 Å². The van der Waals surface area contributed by atoms with E-state index in [9.17, 15) is 4.79 Å². The maximum atomic E-state index is 10.7. The van der Waals surface area contributed by atoms with Gasteiger partial charge in [-0.3, -0.25) is 4.79 Å². The van der Waals surface area contributed by atoms with Crippen molar-refractivity contribution >= 4 is 5.97 Å². The van der Waals surface area contributed by atoms with Crippen LogP contribution in [-0.2, 0) is 9.53 Å². The van der Waals surface area contributed by atoms with Crippen LogP contribution < -0.4 is 0 Å². The van der Waals surface area contributed by atoms with Crippen LogP contribution in [0.25, 0.3) is 0 Å². The number of nitriles is 1. The van der Waals surface area contributed by atoms with Crippen molar-refractivity contribution in [1.82, 2.24) is 0 Å². The number of esters is 1. The molecule has 0 amide bonds. The number of carbonyl (C=O) groups is 1. The summed E-state index contributed by atoms with van der Waals surface area (Å²) in [6.07, 6.45) is 0.725. The van der Waals surface area contributed by atoms with Gasteiger partial charge < -0.3 is 4.74 Å². The van der Waals surface area contributed by atoms with Crippen molar-refractivity contribution in [3.63, 3.8) is 0 Å². The second kappa shape index (κ2) is 1.10. The van der Waals surface area contributed by atoms with Crippen molar-refractivity contribution < 1.29 is 9.53 Å². The van der Waals surface area contributed by atoms with Crippen LogP contribution in [-0.4, -0.2) is 12.6 Å². The Balaban J connectivity index is 2.36. The van der Waals surface area contributed by atoms with Crippen molar-refractivity contribution in [3.05, 3.63) is 0 Å². The van der Waals surface area contributed by atoms with Crippen molar-refractivity contribution in [2.24, 2.45) is 11.3 Å². The van der Waals surface area contributed by atoms with Crippen LogP contribution in [0.1, 0.15) is 6.42 Å². The molecule has 1 aliphatic heterocycles. The molecule has 1 aliphatic carbocycles. The Morgan fingerprint density at radius 3 is 2.89 bits per heavy atom. The van der Waals surface area contributed by atoms with Crippen molar-refractivity contribution in [3.8, 4) is 6.07 Å². The Kier molecular flexibility index (Phi) is 0.590. The number of ether oxygens (including phenoxy) is 1. The molecule has 0 radical (unpaired) electrons. The normalized spacial score (nSPS) is 45.2. The zero-order chi connectivity index (χ0) is 6.48. The van der Waals surface area contributed by atoms with Gasteiger partial charge >= 0.3 is 5.97 Å². The molecule has 1 heterocycles. The lowest BCUT2D eigenvalue weighted by atomic mass is 10.1. The van der Waals surface area contributed by atoms with Gasteiger partial charge in [-0.2, -0.15) is 5.26 Å². The fourth-order valence-electron chi connectivity index (χ4n) is 1.27. The summed E-state index contributed by atoms with van der Waals surface area (Å²) in [5, 5.41) is 8.49. The molecule has 3 heteroatoms. The smallest absolute Gasteiger partial charge is 0.326 e. The number of nitrogens with zero attached hydrogens (tertiary/aromatic N) is 1. The maximum Gasteiger partial charge on any atom is 0.326 e. The number of rotatable bonds is 0. The van der Waals surface area contributed by atoms with E-state index in [1.165, 1.54) is 0 Å². The van der Waals surface area contributed by atoms with Gasteiger partial charge in [-0.05, 0) is 6.42 Å². The van der Waals surface area contributed by atoms with Crippen molar-refractivity contribution in [1.29, 1.82) is 5.26 Å². The SMILES string of the molecule is N#C[C@@]12C[C@@H]1COC2=O. The number of hydrogen-bond donors (Lipinski definition) is 0. The molecule has 0 spiro atoms. The minimum atomic E-state index is -0.694. The first-order chi connectivity index (χ1) is 4.29. The lowest BCUT2D eigenvalue weighted by molar-refractivity contribution is -0.143. The zero-order valence-electron chi connectivity index (χ0n) is 4.76. The van der Waals surface area contributed by atoms with E-state index < -0.39 is 5.41 Å². The van der Waals surface area contributed by atoms with Gasteiger partial charge in [-0.15, -0.1) is 0 Å². The lowest BCUT2D eigenvalue weighted by Gasteiger charge is -1.94. The first-order valence-corrected chi connectivity index (χ1v) is 2.88. The Bertz CT molecular complexity index is 218. The molecule has 0 aromatic carbocycles. The summed E-state index contributed by atoms with van der Waals surface area (Å²) in [6, 6.07) is 1.99. The molecule has 0 unspecified atom stereocenters. The Morgan fingerprint density at radius 1 is 1.89 bits per heavy atom. The zero-order valence-corrected chi connectivity index (χ0v) is 4.76. The Labute approximate surface area is 52.2 Å². The van der Waals surface area contributed by atoms with Crippen LogP contribution in [0.5, 0.6) is 0 Å². The van der Waals surface area contributed by atoms with E-state index >= 15 is 0 Å². The molecule has 9 heavy (non-hydrogen) atoms. The highest BCUT2D eigenvalue weighted by molar-refractivity contribution is 5.86. The quantitative estimate of drug-likeness (QED) is 0.428. The molecule has 46 valence electrons. The monoisotopic (exact) mass is 123 g/mol. The van der Waals surface area contributed by atoms with Gasteiger partial charge in [0, 0.05) is 5.92 Å². The van der Waals surface area contributed by atoms with Crippen LogP contribution in [0, 0.1) is 22.7 Å². The maximum absolute atomic E-state index is 10.7. The first kappa shape index (κ1) is 4.80. The molecule has 2 atom stereocenters. The summed E-state index contributed by atoms with van der Waals surface area (Å²) in [6.45, 7) is 0.465. The Hall–Kier alpha value is -1.04. The number of hydrogen-bond acceptors (Lipinski definition) is 3. The molecular formula is C6H5NO2. The van der Waals surface area contributed by atoms with Gasteiger partial charge in [-0.1, -0.05) is 0 Å². The van der Waals surface area contributed by atoms with E-state index in [2.05, 4.69) is 4.74 Å². The van der Waals surface area contributed by atoms with E-state index in [0.29, 0.717) is 6.61 Å². The van der Waals surface area contributed by atoms with Gasteiger partial charge in [0.05, 0.1) is 12.7 Å². The molecule has 0 aromatic rings. The van der Waals surface area contributed by atoms with E-state index in [1.54, 1.807) is 0 Å². The topological polar surface area (TPSA) is 50.1 Å². The van der Waals surface area contributed by atoms with Gasteiger partial charge in [0.1, 0.15) is 0 Å². The van der Waals surface area contributed by atoms with Gasteiger partial charge in [0.15, 0.2) is 5.41 Å². The number of carbonyl (C=O) groups excluding carboxylic acids is 1. The van der Waals surface area contributed by atoms with Crippen LogP contribution in [0.3, 0.4) is 0 Å². The molecule has 2 fully saturated rings. The summed E-state index contributed by atoms with van der Waals surface area (Å²) in [5.41, 5.74) is -0.694. The van der Waals surface area contributed by atoms with Gasteiger partial charge in [0.25, 0.3) is 0 Å². The minimum Gasteiger partial charge on any atom is -0.464 e. The average Bonchev–Trinajstić information content (AvgIpc) is 2.52. The van der Waals surface area contributed by atoms with Gasteiger partial charge in [0.2, 0.25) is 0 Å². The third-order valence-electron chi connectivity index (χ3n) is 2.08. The molecule has 0 bridgehead atoms. The summed E-state index contributed by atoms with van der Waals surface area (Å²) in [7, 11) is 0. The van der Waals surface area contributed by atoms with Crippen LogP contribution in [0.4, 0.5) is 0 Å². The highest BCUT2D eigenvalue weighted by atomic mass is 16.5. The number of cyclic esters (lactones) is 1. The highest BCUT2D eigenvalue weighted by Gasteiger charge is 2.67. The summed E-state index contributed by atoms with van der Waals surface area (Å²) in [4.78, 5) is 10.7. The standard InChI is InChI=1S/C6H5NO2/c7-3-6-1-4(6)2-9-5(6)8/h4H,1-2H2/t4-,6+/m1/s1. The summed E-state index contributed by atoms with van der Waals surface area (Å²) < 4.78 is 4.65. The molecule has 1 saturated carbocycles. The fourth-order valence-corrected chi connectivity index (χ4v) is 1.27. The van der Waals surface area contributed by atoms with E-state index in [0.717, 1.165) is 6.42 Å². The molecule has 0 N–H and O–H groups in total. The minimum absolute atomic E-state index is 0.218. The Morgan fingerprint density at radius 2 is 2.67 bits per heavy atom. The van der Waals surface area contributed by atoms with E-state index in [1.807, 2.05) is 6.07 Å². The molecule has 2 aliphatic rings. The van der Waals surface area contributed by atoms with Crippen LogP contribution >= 0.6 is 0 Å². The van der Waals surface area contributed by atoms with Crippen molar-refractivity contribution in [2.75, 3.05) is 6.61 Å². The van der Waals surface area contributed by atoms with E-state index in [-0.39, 0.29) is 11.9 Å². The van der Waals surface area contributed by atoms with E-state index in [4.69, 9.17) is 5.26 Å². The summed E-state index contributed by atoms with van der Waals surface area (Å²) in [5.74, 6) is -0.0926. The predicted molar refractivity (Wildman–Crippen MR) is 27.1 cm³/mol. The summed E-state index contributed by atoms with van der Waals surface area (Å²) >= 11 is 0. The highest BCUT2D eigenvalue weighted by Crippen LogP contribution is 2.56. The largest absolute Gasteiger partial charge is 0.464 e. The molecule has 0 aromatic heterocycles. The molecular weight excluding hydrogens is 118 g/mol. The molecule has 3 nitrogen and oxygen atoms in total. The second-order valence-corrected chi connectivity index (χ2v) is 2.58. The van der Waals surface area contributed by atoms with Crippen molar-refractivity contribution in [2.45, 2.75) is 6.42 Å². The third-order valence-corrected chi connectivity index (χ3v) is 2.08. The van der Waals surface area contributed by atoms with Crippen LogP contribution in [0.2, 0.25) is 0 Å². The lowest BCUT2D eigenvalue weighted by Crippen LogP contribution is -2.10. The fraction of sp³-hybridized carbons (Fsp3) is 0.667. The first-order valence-electron chi connectivity index (χ1n) is 2.88. The van der Waals surface area contributed by atoms with Crippen LogP contribution in [0.15, 0.2) is 0 Å². The third kappa shape index (κ3) is 0.355. The number of fused-ring (bicyclic) bond motifs is 1. The molecule has 1 saturated heterocycles. The second-order valence-electron chi connectivity index (χ2n) is 2.58.